The Morgan fingerprint density at radius 1 is 1.16 bits per heavy atom. The van der Waals surface area contributed by atoms with E-state index in [1.807, 2.05) is 13.0 Å². The fraction of sp³-hybridized carbons (Fsp3) is 0.381. The van der Waals surface area contributed by atoms with Crippen molar-refractivity contribution in [2.75, 3.05) is 18.5 Å². The molecule has 1 N–H and O–H groups in total. The van der Waals surface area contributed by atoms with Crippen LogP contribution in [-0.4, -0.2) is 42.5 Å². The number of nitrogens with zero attached hydrogens (tertiary/aromatic N) is 5. The number of amides is 1. The van der Waals surface area contributed by atoms with Crippen LogP contribution in [-0.2, 0) is 14.3 Å². The first-order chi connectivity index (χ1) is 15.1. The quantitative estimate of drug-likeness (QED) is 0.643. The van der Waals surface area contributed by atoms with Crippen LogP contribution in [0.4, 0.5) is 5.69 Å². The summed E-state index contributed by atoms with van der Waals surface area (Å²) in [5, 5.41) is 14.3. The largest absolute Gasteiger partial charge is 0.493 e. The van der Waals surface area contributed by atoms with Gasteiger partial charge in [-0.2, -0.15) is 4.99 Å². The van der Waals surface area contributed by atoms with E-state index >= 15 is 0 Å². The summed E-state index contributed by atoms with van der Waals surface area (Å²) in [5.74, 6) is 0.0219. The Morgan fingerprint density at radius 2 is 2.03 bits per heavy atom. The van der Waals surface area contributed by atoms with Gasteiger partial charge in [0, 0.05) is 11.4 Å². The van der Waals surface area contributed by atoms with Gasteiger partial charge in [0.25, 0.3) is 0 Å². The lowest BCUT2D eigenvalue weighted by atomic mass is 10.1. The maximum atomic E-state index is 12.3. The molecule has 3 aliphatic rings. The molecule has 0 unspecified atom stereocenters. The van der Waals surface area contributed by atoms with E-state index in [2.05, 4.69) is 30.7 Å². The van der Waals surface area contributed by atoms with Crippen LogP contribution in [0.15, 0.2) is 54.9 Å². The topological polar surface area (TPSA) is 126 Å². The van der Waals surface area contributed by atoms with Crippen molar-refractivity contribution in [2.24, 2.45) is 25.4 Å². The molecule has 0 saturated heterocycles. The lowest BCUT2D eigenvalue weighted by Crippen LogP contribution is -2.26. The number of allylic oxidation sites excluding steroid dienone is 1. The van der Waals surface area contributed by atoms with Gasteiger partial charge >= 0.3 is 11.9 Å². The molecular weight excluding hydrogens is 400 g/mol. The maximum absolute atomic E-state index is 12.3. The minimum absolute atomic E-state index is 0.0317. The van der Waals surface area contributed by atoms with Crippen molar-refractivity contribution in [3.8, 4) is 5.75 Å². The van der Waals surface area contributed by atoms with Gasteiger partial charge in [-0.3, -0.25) is 4.79 Å². The third kappa shape index (κ3) is 4.27. The molecule has 1 amide bonds. The summed E-state index contributed by atoms with van der Waals surface area (Å²) in [4.78, 5) is 32.9. The van der Waals surface area contributed by atoms with Gasteiger partial charge in [-0.25, -0.2) is 9.79 Å². The molecule has 0 aromatic heterocycles. The van der Waals surface area contributed by atoms with Crippen molar-refractivity contribution in [3.05, 3.63) is 35.0 Å². The number of ether oxygens (including phenoxy) is 2. The molecule has 1 aromatic rings. The van der Waals surface area contributed by atoms with E-state index in [9.17, 15) is 9.59 Å². The number of hydrogen-bond donors (Lipinski definition) is 1. The number of esters is 1. The lowest BCUT2D eigenvalue weighted by molar-refractivity contribution is -0.138. The number of nitrogens with one attached hydrogen (secondary N) is 1. The van der Waals surface area contributed by atoms with Crippen LogP contribution in [0.5, 0.6) is 5.75 Å². The van der Waals surface area contributed by atoms with Crippen molar-refractivity contribution in [2.45, 2.75) is 39.5 Å². The van der Waals surface area contributed by atoms with Gasteiger partial charge in [0.05, 0.1) is 24.4 Å². The second-order valence-corrected chi connectivity index (χ2v) is 7.03. The summed E-state index contributed by atoms with van der Waals surface area (Å²) >= 11 is 0. The Balaban J connectivity index is 1.68. The fourth-order valence-corrected chi connectivity index (χ4v) is 3.43. The van der Waals surface area contributed by atoms with E-state index in [4.69, 9.17) is 9.47 Å². The van der Waals surface area contributed by atoms with Crippen molar-refractivity contribution in [3.63, 3.8) is 0 Å². The third-order valence-corrected chi connectivity index (χ3v) is 4.83. The molecule has 10 nitrogen and oxygen atoms in total. The minimum Gasteiger partial charge on any atom is -0.493 e. The summed E-state index contributed by atoms with van der Waals surface area (Å²) in [6.45, 7) is 4.63. The van der Waals surface area contributed by atoms with Gasteiger partial charge in [0.1, 0.15) is 5.75 Å². The van der Waals surface area contributed by atoms with Gasteiger partial charge in [-0.05, 0) is 56.0 Å². The first-order valence-electron chi connectivity index (χ1n) is 10.2. The van der Waals surface area contributed by atoms with E-state index in [1.165, 1.54) is 0 Å². The number of benzene rings is 1. The Labute approximate surface area is 178 Å². The summed E-state index contributed by atoms with van der Waals surface area (Å²) in [5.41, 5.74) is 2.78. The first kappa shape index (κ1) is 20.6. The molecule has 10 heteroatoms. The molecule has 2 heterocycles. The Hall–Kier alpha value is -3.69. The standard InChI is InChI=1S/C21H22N6O4/c1-3-10-31-16-9-8-12(22-15-7-5-6-13(15)21(29)30-4-2)11-14(16)18-23-19-17(20(28)24-18)25-27-26-19/h8-9,11,22H,3-7,10H2,1-2H3. The van der Waals surface area contributed by atoms with Crippen LogP contribution >= 0.6 is 0 Å². The number of rotatable bonds is 8. The van der Waals surface area contributed by atoms with Crippen molar-refractivity contribution in [1.29, 1.82) is 0 Å². The third-order valence-electron chi connectivity index (χ3n) is 4.83. The van der Waals surface area contributed by atoms with E-state index in [1.54, 1.807) is 19.1 Å². The summed E-state index contributed by atoms with van der Waals surface area (Å²) in [6, 6.07) is 5.44. The summed E-state index contributed by atoms with van der Waals surface area (Å²) in [6.07, 6.45) is 3.12. The molecule has 0 bridgehead atoms. The van der Waals surface area contributed by atoms with Crippen molar-refractivity contribution >= 4 is 34.9 Å². The fourth-order valence-electron chi connectivity index (χ4n) is 3.43. The number of aliphatic imine (C=N–C) groups is 2. The molecule has 4 rings (SSSR count). The zero-order valence-corrected chi connectivity index (χ0v) is 17.3. The Kier molecular flexibility index (Phi) is 5.96. The highest BCUT2D eigenvalue weighted by Crippen LogP contribution is 2.31. The molecule has 0 radical (unpaired) electrons. The number of fused-ring (bicyclic) bond motifs is 1. The van der Waals surface area contributed by atoms with Crippen LogP contribution in [0.3, 0.4) is 0 Å². The van der Waals surface area contributed by atoms with Gasteiger partial charge in [-0.15, -0.1) is 10.2 Å². The second kappa shape index (κ2) is 8.99. The minimum atomic E-state index is -0.548. The van der Waals surface area contributed by atoms with Crippen LogP contribution in [0, 0.1) is 0 Å². The van der Waals surface area contributed by atoms with Crippen molar-refractivity contribution < 1.29 is 19.1 Å². The molecule has 1 aromatic carbocycles. The van der Waals surface area contributed by atoms with E-state index in [0.717, 1.165) is 30.6 Å². The maximum Gasteiger partial charge on any atom is 0.335 e. The SMILES string of the molecule is CCCOc1ccc(NC2=C(C(=O)OCC)CCC2)cc1C1=NC(=O)C2=NN=NC2=N1. The zero-order chi connectivity index (χ0) is 21.8. The second-order valence-electron chi connectivity index (χ2n) is 7.03. The van der Waals surface area contributed by atoms with Crippen molar-refractivity contribution in [1.82, 2.24) is 0 Å². The van der Waals surface area contributed by atoms with E-state index in [-0.39, 0.29) is 23.4 Å². The van der Waals surface area contributed by atoms with Gasteiger partial charge in [0.15, 0.2) is 5.84 Å². The van der Waals surface area contributed by atoms with E-state index in [0.29, 0.717) is 36.5 Å². The Morgan fingerprint density at radius 3 is 2.84 bits per heavy atom. The van der Waals surface area contributed by atoms with Crippen LogP contribution in [0.2, 0.25) is 0 Å². The highest BCUT2D eigenvalue weighted by Gasteiger charge is 2.29. The summed E-state index contributed by atoms with van der Waals surface area (Å²) < 4.78 is 11.0. The molecular formula is C21H22N6O4. The smallest absolute Gasteiger partial charge is 0.335 e. The number of carbonyl (C=O) groups excluding carboxylic acids is 2. The van der Waals surface area contributed by atoms with Crippen LogP contribution in [0.1, 0.15) is 45.1 Å². The molecule has 0 saturated carbocycles. The van der Waals surface area contributed by atoms with Crippen LogP contribution in [0.25, 0.3) is 0 Å². The molecule has 31 heavy (non-hydrogen) atoms. The molecule has 0 atom stereocenters. The lowest BCUT2D eigenvalue weighted by Gasteiger charge is -2.16. The summed E-state index contributed by atoms with van der Waals surface area (Å²) in [7, 11) is 0. The molecule has 2 aliphatic heterocycles. The molecule has 0 fully saturated rings. The van der Waals surface area contributed by atoms with E-state index < -0.39 is 5.91 Å². The molecule has 0 spiro atoms. The highest BCUT2D eigenvalue weighted by atomic mass is 16.5. The van der Waals surface area contributed by atoms with Gasteiger partial charge in [0.2, 0.25) is 11.5 Å². The number of carbonyl (C=O) groups is 2. The molecule has 1 aliphatic carbocycles. The average molecular weight is 422 g/mol. The van der Waals surface area contributed by atoms with Crippen LogP contribution < -0.4 is 10.1 Å². The Bertz CT molecular complexity index is 1080. The first-order valence-corrected chi connectivity index (χ1v) is 10.2. The highest BCUT2D eigenvalue weighted by molar-refractivity contribution is 6.69. The zero-order valence-electron chi connectivity index (χ0n) is 17.3. The number of anilines is 1. The monoisotopic (exact) mass is 422 g/mol. The number of hydrogen-bond acceptors (Lipinski definition) is 9. The number of amidine groups is 2. The predicted molar refractivity (Wildman–Crippen MR) is 115 cm³/mol. The van der Waals surface area contributed by atoms with Gasteiger partial charge < -0.3 is 14.8 Å². The normalized spacial score (nSPS) is 17.2. The predicted octanol–water partition coefficient (Wildman–Crippen LogP) is 3.40. The average Bonchev–Trinajstić information content (AvgIpc) is 3.42. The van der Waals surface area contributed by atoms with Gasteiger partial charge in [-0.1, -0.05) is 6.92 Å². The molecule has 160 valence electrons.